The zero-order valence-electron chi connectivity index (χ0n) is 12.2. The lowest BCUT2D eigenvalue weighted by Crippen LogP contribution is -2.51. The standard InChI is InChI=1S/C12H19N3O8/c16-9(17)5-4-8(11(20)21)15-12(22)14-7(10(18)19)3-1-2-6-13-23/h7-8H,1-6H2,(H,16,17)(H,18,19)(H,20,21)(H2,14,15,22). The van der Waals surface area contributed by atoms with Crippen molar-refractivity contribution in [3.63, 3.8) is 0 Å². The van der Waals surface area contributed by atoms with Crippen molar-refractivity contribution in [2.75, 3.05) is 6.54 Å². The van der Waals surface area contributed by atoms with E-state index in [-0.39, 0.29) is 19.4 Å². The average molecular weight is 333 g/mol. The molecule has 0 saturated carbocycles. The highest BCUT2D eigenvalue weighted by Gasteiger charge is 2.24. The van der Waals surface area contributed by atoms with Gasteiger partial charge in [-0.25, -0.2) is 14.4 Å². The minimum absolute atomic E-state index is 0.0365. The molecule has 0 bridgehead atoms. The highest BCUT2D eigenvalue weighted by Crippen LogP contribution is 2.03. The van der Waals surface area contributed by atoms with Gasteiger partial charge in [0, 0.05) is 6.42 Å². The minimum atomic E-state index is -1.44. The summed E-state index contributed by atoms with van der Waals surface area (Å²) in [6, 6.07) is -3.72. The summed E-state index contributed by atoms with van der Waals surface area (Å²) >= 11 is 0. The lowest BCUT2D eigenvalue weighted by atomic mass is 10.1. The molecular formula is C12H19N3O8. The van der Waals surface area contributed by atoms with E-state index in [1.54, 1.807) is 0 Å². The monoisotopic (exact) mass is 333 g/mol. The highest BCUT2D eigenvalue weighted by atomic mass is 16.4. The van der Waals surface area contributed by atoms with Crippen LogP contribution >= 0.6 is 0 Å². The summed E-state index contributed by atoms with van der Waals surface area (Å²) < 4.78 is 0. The van der Waals surface area contributed by atoms with Crippen LogP contribution < -0.4 is 10.6 Å². The smallest absolute Gasteiger partial charge is 0.326 e. The number of rotatable bonds is 12. The first-order chi connectivity index (χ1) is 10.8. The third-order valence-corrected chi connectivity index (χ3v) is 2.85. The summed E-state index contributed by atoms with van der Waals surface area (Å²) in [4.78, 5) is 53.9. The van der Waals surface area contributed by atoms with Crippen molar-refractivity contribution in [3.05, 3.63) is 4.91 Å². The van der Waals surface area contributed by atoms with Crippen molar-refractivity contribution in [3.8, 4) is 0 Å². The third kappa shape index (κ3) is 9.77. The van der Waals surface area contributed by atoms with Gasteiger partial charge in [0.2, 0.25) is 0 Å². The number of nitroso groups, excluding NO2 is 1. The van der Waals surface area contributed by atoms with Gasteiger partial charge in [0.05, 0.1) is 6.54 Å². The van der Waals surface area contributed by atoms with Crippen LogP contribution in [0.1, 0.15) is 32.1 Å². The number of aliphatic carboxylic acids is 3. The topological polar surface area (TPSA) is 182 Å². The molecule has 130 valence electrons. The Labute approximate surface area is 131 Å². The SMILES string of the molecule is O=NCCCCC(NC(=O)NC(CCC(=O)O)C(=O)O)C(=O)O. The fraction of sp³-hybridized carbons (Fsp3) is 0.667. The molecule has 11 heteroatoms. The third-order valence-electron chi connectivity index (χ3n) is 2.85. The van der Waals surface area contributed by atoms with Gasteiger partial charge in [-0.15, -0.1) is 0 Å². The number of nitrogens with one attached hydrogen (secondary N) is 2. The van der Waals surface area contributed by atoms with E-state index in [0.717, 1.165) is 0 Å². The second-order valence-electron chi connectivity index (χ2n) is 4.68. The average Bonchev–Trinajstić information content (AvgIpc) is 2.45. The summed E-state index contributed by atoms with van der Waals surface area (Å²) in [5, 5.41) is 33.1. The number of nitrogens with zero attached hydrogens (tertiary/aromatic N) is 1. The second kappa shape index (κ2) is 10.9. The largest absolute Gasteiger partial charge is 0.481 e. The van der Waals surface area contributed by atoms with E-state index in [1.165, 1.54) is 0 Å². The first kappa shape index (κ1) is 20.3. The van der Waals surface area contributed by atoms with Crippen molar-refractivity contribution in [1.29, 1.82) is 0 Å². The molecule has 0 fully saturated rings. The molecule has 23 heavy (non-hydrogen) atoms. The number of unbranched alkanes of at least 4 members (excludes halogenated alkanes) is 1. The van der Waals surface area contributed by atoms with Crippen LogP contribution in [0.4, 0.5) is 4.79 Å². The first-order valence-electron chi connectivity index (χ1n) is 6.81. The van der Waals surface area contributed by atoms with Crippen LogP contribution in [-0.4, -0.2) is 57.9 Å². The molecule has 0 radical (unpaired) electrons. The van der Waals surface area contributed by atoms with E-state index in [0.29, 0.717) is 12.8 Å². The Bertz CT molecular complexity index is 454. The molecule has 0 aliphatic carbocycles. The van der Waals surface area contributed by atoms with Crippen molar-refractivity contribution in [1.82, 2.24) is 10.6 Å². The highest BCUT2D eigenvalue weighted by molar-refractivity contribution is 5.86. The number of carbonyl (C=O) groups is 4. The van der Waals surface area contributed by atoms with E-state index < -0.39 is 42.4 Å². The van der Waals surface area contributed by atoms with Crippen molar-refractivity contribution in [2.24, 2.45) is 5.18 Å². The number of hydrogen-bond donors (Lipinski definition) is 5. The predicted molar refractivity (Wildman–Crippen MR) is 75.9 cm³/mol. The van der Waals surface area contributed by atoms with Crippen LogP contribution in [0.2, 0.25) is 0 Å². The molecule has 0 aromatic heterocycles. The van der Waals surface area contributed by atoms with Gasteiger partial charge in [-0.05, 0) is 25.7 Å². The fourth-order valence-electron chi connectivity index (χ4n) is 1.67. The second-order valence-corrected chi connectivity index (χ2v) is 4.68. The molecule has 0 aliphatic heterocycles. The summed E-state index contributed by atoms with van der Waals surface area (Å²) in [5.41, 5.74) is 0. The predicted octanol–water partition coefficient (Wildman–Crippen LogP) is -0.00650. The van der Waals surface area contributed by atoms with E-state index in [9.17, 15) is 24.1 Å². The van der Waals surface area contributed by atoms with Gasteiger partial charge in [-0.3, -0.25) is 4.79 Å². The molecule has 0 heterocycles. The van der Waals surface area contributed by atoms with Crippen LogP contribution in [-0.2, 0) is 14.4 Å². The lowest BCUT2D eigenvalue weighted by Gasteiger charge is -2.18. The molecule has 5 N–H and O–H groups in total. The van der Waals surface area contributed by atoms with Gasteiger partial charge in [-0.1, -0.05) is 5.18 Å². The van der Waals surface area contributed by atoms with Gasteiger partial charge in [-0.2, -0.15) is 4.91 Å². The van der Waals surface area contributed by atoms with Crippen LogP contribution in [0.25, 0.3) is 0 Å². The van der Waals surface area contributed by atoms with Crippen molar-refractivity contribution < 1.29 is 34.5 Å². The molecule has 0 aromatic carbocycles. The number of urea groups is 1. The van der Waals surface area contributed by atoms with Crippen LogP contribution in [0, 0.1) is 4.91 Å². The van der Waals surface area contributed by atoms with Crippen LogP contribution in [0.15, 0.2) is 5.18 Å². The number of amides is 2. The van der Waals surface area contributed by atoms with E-state index in [1.807, 2.05) is 5.32 Å². The summed E-state index contributed by atoms with van der Waals surface area (Å²) in [7, 11) is 0. The Morgan fingerprint density at radius 3 is 1.83 bits per heavy atom. The molecule has 2 amide bonds. The number of hydrogen-bond acceptors (Lipinski definition) is 6. The van der Waals surface area contributed by atoms with E-state index in [4.69, 9.17) is 15.3 Å². The molecule has 0 spiro atoms. The van der Waals surface area contributed by atoms with Gasteiger partial charge in [0.25, 0.3) is 0 Å². The molecule has 0 rings (SSSR count). The zero-order valence-corrected chi connectivity index (χ0v) is 12.2. The Morgan fingerprint density at radius 1 is 0.870 bits per heavy atom. The number of carbonyl (C=O) groups excluding carboxylic acids is 1. The van der Waals surface area contributed by atoms with Gasteiger partial charge in [0.15, 0.2) is 0 Å². The maximum atomic E-state index is 11.6. The van der Waals surface area contributed by atoms with Crippen LogP contribution in [0.5, 0.6) is 0 Å². The summed E-state index contributed by atoms with van der Waals surface area (Å²) in [6.45, 7) is 0.0365. The molecule has 2 atom stereocenters. The molecule has 2 unspecified atom stereocenters. The van der Waals surface area contributed by atoms with Crippen molar-refractivity contribution in [2.45, 2.75) is 44.2 Å². The summed E-state index contributed by atoms with van der Waals surface area (Å²) in [6.07, 6.45) is -0.0401. The van der Waals surface area contributed by atoms with Gasteiger partial charge < -0.3 is 26.0 Å². The van der Waals surface area contributed by atoms with Crippen molar-refractivity contribution >= 4 is 23.9 Å². The van der Waals surface area contributed by atoms with Gasteiger partial charge in [0.1, 0.15) is 12.1 Å². The fourth-order valence-corrected chi connectivity index (χ4v) is 1.67. The van der Waals surface area contributed by atoms with E-state index in [2.05, 4.69) is 10.5 Å². The Balaban J connectivity index is 4.47. The Morgan fingerprint density at radius 2 is 1.39 bits per heavy atom. The Hall–Kier alpha value is -2.72. The van der Waals surface area contributed by atoms with Crippen LogP contribution in [0.3, 0.4) is 0 Å². The molecule has 0 saturated heterocycles. The minimum Gasteiger partial charge on any atom is -0.481 e. The molecule has 0 aliphatic rings. The number of carboxylic acid groups (broad SMARTS) is 3. The van der Waals surface area contributed by atoms with E-state index >= 15 is 0 Å². The number of carboxylic acids is 3. The Kier molecular flexibility index (Phi) is 9.64. The van der Waals surface area contributed by atoms with Gasteiger partial charge >= 0.3 is 23.9 Å². The normalized spacial score (nSPS) is 12.7. The molecule has 0 aromatic rings. The maximum Gasteiger partial charge on any atom is 0.326 e. The summed E-state index contributed by atoms with van der Waals surface area (Å²) in [5.74, 6) is -3.95. The molecular weight excluding hydrogens is 314 g/mol. The zero-order chi connectivity index (χ0) is 17.8. The quantitative estimate of drug-likeness (QED) is 0.244. The maximum absolute atomic E-state index is 11.6. The first-order valence-corrected chi connectivity index (χ1v) is 6.81. The lowest BCUT2D eigenvalue weighted by molar-refractivity contribution is -0.140. The molecule has 11 nitrogen and oxygen atoms in total.